The molecule has 0 atom stereocenters. The van der Waals surface area contributed by atoms with Crippen molar-refractivity contribution in [3.8, 4) is 11.5 Å². The fourth-order valence-electron chi connectivity index (χ4n) is 2.65. The van der Waals surface area contributed by atoms with Crippen LogP contribution < -0.4 is 26.5 Å². The summed E-state index contributed by atoms with van der Waals surface area (Å²) >= 11 is 0. The molecule has 2 aromatic heterocycles. The van der Waals surface area contributed by atoms with Crippen LogP contribution in [0.15, 0.2) is 46.2 Å². The number of rotatable bonds is 8. The number of nitrogens with zero attached hydrogens (tertiary/aromatic N) is 4. The third kappa shape index (κ3) is 5.23. The molecule has 2 rings (SSSR count). The summed E-state index contributed by atoms with van der Waals surface area (Å²) in [6.45, 7) is 3.41. The van der Waals surface area contributed by atoms with Gasteiger partial charge in [0.05, 0.1) is 13.1 Å². The maximum Gasteiger partial charge on any atom is 0.311 e. The van der Waals surface area contributed by atoms with Crippen LogP contribution in [0.3, 0.4) is 0 Å². The summed E-state index contributed by atoms with van der Waals surface area (Å²) in [6, 6.07) is 5.35. The van der Waals surface area contributed by atoms with E-state index in [-0.39, 0.29) is 26.2 Å². The molecule has 11 nitrogen and oxygen atoms in total. The predicted molar refractivity (Wildman–Crippen MR) is 105 cm³/mol. The Hall–Kier alpha value is -3.60. The van der Waals surface area contributed by atoms with Gasteiger partial charge in [0.15, 0.2) is 11.5 Å². The summed E-state index contributed by atoms with van der Waals surface area (Å²) < 4.78 is 2.04. The highest BCUT2D eigenvalue weighted by atomic mass is 16.3. The van der Waals surface area contributed by atoms with Crippen molar-refractivity contribution in [3.63, 3.8) is 0 Å². The van der Waals surface area contributed by atoms with Crippen LogP contribution in [0.1, 0.15) is 13.8 Å². The van der Waals surface area contributed by atoms with E-state index in [1.807, 2.05) is 0 Å². The summed E-state index contributed by atoms with van der Waals surface area (Å²) in [5.74, 6) is -1.73. The topological polar surface area (TPSA) is 137 Å². The van der Waals surface area contributed by atoms with Gasteiger partial charge in [0, 0.05) is 39.3 Å². The van der Waals surface area contributed by atoms with E-state index < -0.39 is 34.4 Å². The molecule has 0 aliphatic heterocycles. The molecule has 0 aromatic carbocycles. The third-order valence-corrected chi connectivity index (χ3v) is 4.07. The zero-order chi connectivity index (χ0) is 21.6. The van der Waals surface area contributed by atoms with E-state index in [9.17, 15) is 29.4 Å². The summed E-state index contributed by atoms with van der Waals surface area (Å²) in [5, 5.41) is 24.4. The van der Waals surface area contributed by atoms with Crippen LogP contribution in [-0.2, 0) is 9.59 Å². The fourth-order valence-corrected chi connectivity index (χ4v) is 2.65. The van der Waals surface area contributed by atoms with Gasteiger partial charge in [-0.1, -0.05) is 0 Å². The van der Waals surface area contributed by atoms with Crippen molar-refractivity contribution in [1.29, 1.82) is 0 Å². The van der Waals surface area contributed by atoms with Gasteiger partial charge in [-0.2, -0.15) is 0 Å². The van der Waals surface area contributed by atoms with Crippen molar-refractivity contribution in [2.75, 3.05) is 36.2 Å². The molecule has 0 spiro atoms. The molecule has 0 fully saturated rings. The van der Waals surface area contributed by atoms with Crippen molar-refractivity contribution in [2.45, 2.75) is 13.8 Å². The minimum Gasteiger partial charge on any atom is -0.503 e. The number of carbonyl (C=O) groups excluding carboxylic acids is 2. The summed E-state index contributed by atoms with van der Waals surface area (Å²) in [4.78, 5) is 47.7. The first kappa shape index (κ1) is 21.7. The van der Waals surface area contributed by atoms with Gasteiger partial charge in [-0.3, -0.25) is 19.2 Å². The second-order valence-electron chi connectivity index (χ2n) is 6.12. The normalized spacial score (nSPS) is 10.6. The molecular weight excluding hydrogens is 382 g/mol. The first-order chi connectivity index (χ1) is 13.7. The van der Waals surface area contributed by atoms with Crippen LogP contribution in [0.5, 0.6) is 11.5 Å². The first-order valence-corrected chi connectivity index (χ1v) is 8.82. The lowest BCUT2D eigenvalue weighted by atomic mass is 10.4. The van der Waals surface area contributed by atoms with Crippen LogP contribution in [0.4, 0.5) is 0 Å². The Morgan fingerprint density at radius 3 is 1.59 bits per heavy atom. The molecule has 2 amide bonds. The second kappa shape index (κ2) is 9.55. The molecular formula is C18H23N5O6. The smallest absolute Gasteiger partial charge is 0.311 e. The molecule has 0 unspecified atom stereocenters. The Balaban J connectivity index is 1.97. The lowest BCUT2D eigenvalue weighted by Gasteiger charge is -2.25. The Labute approximate surface area is 166 Å². The number of aromatic nitrogens is 2. The number of carbonyl (C=O) groups is 2. The number of pyridine rings is 2. The van der Waals surface area contributed by atoms with Gasteiger partial charge in [0.2, 0.25) is 11.8 Å². The van der Waals surface area contributed by atoms with E-state index >= 15 is 0 Å². The van der Waals surface area contributed by atoms with Gasteiger partial charge in [0.1, 0.15) is 0 Å². The minimum atomic E-state index is -0.714. The quantitative estimate of drug-likeness (QED) is 0.463. The molecule has 11 heteroatoms. The average Bonchev–Trinajstić information content (AvgIpc) is 2.66. The lowest BCUT2D eigenvalue weighted by molar-refractivity contribution is -0.118. The van der Waals surface area contributed by atoms with Crippen molar-refractivity contribution in [3.05, 3.63) is 57.4 Å². The van der Waals surface area contributed by atoms with E-state index in [0.29, 0.717) is 0 Å². The van der Waals surface area contributed by atoms with E-state index in [1.54, 1.807) is 0 Å². The summed E-state index contributed by atoms with van der Waals surface area (Å²) in [5.41, 5.74) is -1.43. The largest absolute Gasteiger partial charge is 0.503 e. The van der Waals surface area contributed by atoms with E-state index in [1.165, 1.54) is 50.5 Å². The molecule has 0 saturated carbocycles. The summed E-state index contributed by atoms with van der Waals surface area (Å²) in [6.07, 6.45) is 2.74. The lowest BCUT2D eigenvalue weighted by Crippen LogP contribution is -2.50. The predicted octanol–water partition coefficient (Wildman–Crippen LogP) is -1.32. The monoisotopic (exact) mass is 405 g/mol. The number of hydrogen-bond donors (Lipinski definition) is 3. The number of amides is 2. The Kier molecular flexibility index (Phi) is 7.15. The Morgan fingerprint density at radius 2 is 1.24 bits per heavy atom. The van der Waals surface area contributed by atoms with E-state index in [4.69, 9.17) is 0 Å². The molecule has 2 heterocycles. The van der Waals surface area contributed by atoms with E-state index in [0.717, 1.165) is 19.4 Å². The van der Waals surface area contributed by atoms with Gasteiger partial charge < -0.3 is 15.5 Å². The zero-order valence-corrected chi connectivity index (χ0v) is 16.1. The molecule has 0 aliphatic carbocycles. The Morgan fingerprint density at radius 1 is 0.862 bits per heavy atom. The van der Waals surface area contributed by atoms with E-state index in [2.05, 4.69) is 5.32 Å². The van der Waals surface area contributed by atoms with Crippen LogP contribution in [-0.4, -0.2) is 57.6 Å². The molecule has 0 bridgehead atoms. The Bertz CT molecular complexity index is 919. The van der Waals surface area contributed by atoms with Crippen LogP contribution in [0.25, 0.3) is 0 Å². The maximum atomic E-state index is 12.0. The SMILES string of the molecule is CC(=O)N(CCNCCN(C(C)=O)n1cccc(O)c1=O)n1cccc(O)c1=O. The van der Waals surface area contributed by atoms with Gasteiger partial charge in [0.25, 0.3) is 0 Å². The van der Waals surface area contributed by atoms with Gasteiger partial charge in [-0.25, -0.2) is 19.4 Å². The van der Waals surface area contributed by atoms with Gasteiger partial charge in [-0.15, -0.1) is 0 Å². The van der Waals surface area contributed by atoms with Crippen molar-refractivity contribution >= 4 is 11.8 Å². The van der Waals surface area contributed by atoms with Crippen molar-refractivity contribution < 1.29 is 19.8 Å². The highest BCUT2D eigenvalue weighted by Crippen LogP contribution is 2.00. The minimum absolute atomic E-state index is 0.130. The van der Waals surface area contributed by atoms with Gasteiger partial charge in [-0.05, 0) is 24.3 Å². The molecule has 3 N–H and O–H groups in total. The highest BCUT2D eigenvalue weighted by Gasteiger charge is 2.15. The zero-order valence-electron chi connectivity index (χ0n) is 16.1. The van der Waals surface area contributed by atoms with Crippen LogP contribution >= 0.6 is 0 Å². The number of nitrogens with one attached hydrogen (secondary N) is 1. The molecule has 2 aromatic rings. The molecule has 29 heavy (non-hydrogen) atoms. The highest BCUT2D eigenvalue weighted by molar-refractivity contribution is 5.83. The van der Waals surface area contributed by atoms with Crippen molar-refractivity contribution in [1.82, 2.24) is 14.7 Å². The van der Waals surface area contributed by atoms with Gasteiger partial charge >= 0.3 is 11.1 Å². The standard InChI is InChI=1S/C18H23N5O6/c1-13(24)20(22-9-3-5-15(26)17(22)28)11-7-19-8-12-21(14(2)25)23-10-4-6-16(27)18(23)29/h3-6,9-10,19,26-27H,7-8,11-12H2,1-2H3. The maximum absolute atomic E-state index is 12.0. The number of hydrogen-bond acceptors (Lipinski definition) is 7. The fraction of sp³-hybridized carbons (Fsp3) is 0.333. The first-order valence-electron chi connectivity index (χ1n) is 8.82. The molecule has 0 saturated heterocycles. The van der Waals surface area contributed by atoms with Crippen LogP contribution in [0, 0.1) is 0 Å². The third-order valence-electron chi connectivity index (χ3n) is 4.07. The molecule has 0 radical (unpaired) electrons. The molecule has 156 valence electrons. The average molecular weight is 405 g/mol. The summed E-state index contributed by atoms with van der Waals surface area (Å²) in [7, 11) is 0. The van der Waals surface area contributed by atoms with Crippen molar-refractivity contribution in [2.24, 2.45) is 0 Å². The number of aromatic hydroxyl groups is 2. The second-order valence-corrected chi connectivity index (χ2v) is 6.12. The molecule has 0 aliphatic rings. The van der Waals surface area contributed by atoms with Crippen LogP contribution in [0.2, 0.25) is 0 Å².